The number of benzene rings is 2. The predicted octanol–water partition coefficient (Wildman–Crippen LogP) is 2.39. The Morgan fingerprint density at radius 2 is 1.87 bits per heavy atom. The molecule has 120 valence electrons. The first-order chi connectivity index (χ1) is 10.8. The molecule has 0 spiro atoms. The number of nitrogens with zero attached hydrogens (tertiary/aromatic N) is 1. The molecule has 0 radical (unpaired) electrons. The van der Waals surface area contributed by atoms with Crippen molar-refractivity contribution in [3.63, 3.8) is 0 Å². The first-order valence-electron chi connectivity index (χ1n) is 6.26. The smallest absolute Gasteiger partial charge is 0.285 e. The van der Waals surface area contributed by atoms with E-state index in [1.54, 1.807) is 24.3 Å². The van der Waals surface area contributed by atoms with Crippen molar-refractivity contribution in [3.05, 3.63) is 46.9 Å². The first kappa shape index (κ1) is 16.0. The molecule has 3 rings (SSSR count). The molecule has 10 heteroatoms. The van der Waals surface area contributed by atoms with Gasteiger partial charge in [0.15, 0.2) is 0 Å². The largest absolute Gasteiger partial charge is 0.345 e. The zero-order chi connectivity index (χ0) is 16.7. The highest BCUT2D eigenvalue weighted by molar-refractivity contribution is 9.10. The van der Waals surface area contributed by atoms with E-state index in [0.717, 1.165) is 12.4 Å². The molecule has 23 heavy (non-hydrogen) atoms. The van der Waals surface area contributed by atoms with Crippen molar-refractivity contribution in [1.29, 1.82) is 0 Å². The second-order valence-corrected chi connectivity index (χ2v) is 8.73. The van der Waals surface area contributed by atoms with Crippen LogP contribution in [-0.2, 0) is 20.0 Å². The molecule has 1 heterocycles. The standard InChI is InChI=1S/C13H10BrN3O4S2/c14-10-3-1-2-4-11(10)17-22(18,19)9-5-6-12-13(7-9)23(20,21)16-8-15-12/h1-8,17H,(H,15,16). The molecule has 0 fully saturated rings. The fraction of sp³-hybridized carbons (Fsp3) is 0. The van der Waals surface area contributed by atoms with Gasteiger partial charge in [-0.3, -0.25) is 4.72 Å². The van der Waals surface area contributed by atoms with Crippen LogP contribution in [-0.4, -0.2) is 23.2 Å². The summed E-state index contributed by atoms with van der Waals surface area (Å²) in [7, 11) is -7.84. The zero-order valence-electron chi connectivity index (χ0n) is 11.4. The van der Waals surface area contributed by atoms with Crippen LogP contribution in [0.15, 0.2) is 61.1 Å². The van der Waals surface area contributed by atoms with Gasteiger partial charge >= 0.3 is 0 Å². The highest BCUT2D eigenvalue weighted by Crippen LogP contribution is 2.30. The van der Waals surface area contributed by atoms with Crippen LogP contribution in [0.5, 0.6) is 0 Å². The minimum Gasteiger partial charge on any atom is -0.345 e. The van der Waals surface area contributed by atoms with Crippen molar-refractivity contribution in [3.8, 4) is 0 Å². The Hall–Kier alpha value is -1.91. The summed E-state index contributed by atoms with van der Waals surface area (Å²) in [5.41, 5.74) is 0.629. The summed E-state index contributed by atoms with van der Waals surface area (Å²) in [6.07, 6.45) is 1.05. The number of anilines is 2. The lowest BCUT2D eigenvalue weighted by atomic mass is 10.3. The monoisotopic (exact) mass is 415 g/mol. The molecular weight excluding hydrogens is 406 g/mol. The molecule has 0 bridgehead atoms. The van der Waals surface area contributed by atoms with Crippen LogP contribution in [0.3, 0.4) is 0 Å². The zero-order valence-corrected chi connectivity index (χ0v) is 14.6. The maximum absolute atomic E-state index is 12.5. The maximum atomic E-state index is 12.5. The SMILES string of the molecule is O=S1(=O)N=CNc2ccc(S(=O)(=O)Nc3ccccc3Br)cc21. The van der Waals surface area contributed by atoms with Crippen molar-refractivity contribution in [2.24, 2.45) is 4.40 Å². The second kappa shape index (κ2) is 5.62. The summed E-state index contributed by atoms with van der Waals surface area (Å²) in [5, 5.41) is 2.66. The van der Waals surface area contributed by atoms with Gasteiger partial charge in [0.2, 0.25) is 0 Å². The van der Waals surface area contributed by atoms with Gasteiger partial charge in [-0.2, -0.15) is 8.42 Å². The fourth-order valence-electron chi connectivity index (χ4n) is 1.97. The van der Waals surface area contributed by atoms with Gasteiger partial charge in [-0.15, -0.1) is 4.40 Å². The number of sulfonamides is 2. The normalized spacial score (nSPS) is 15.5. The Bertz CT molecular complexity index is 1020. The van der Waals surface area contributed by atoms with E-state index < -0.39 is 20.0 Å². The lowest BCUT2D eigenvalue weighted by molar-refractivity contribution is 0.597. The summed E-state index contributed by atoms with van der Waals surface area (Å²) >= 11 is 3.25. The average Bonchev–Trinajstić information content (AvgIpc) is 2.49. The van der Waals surface area contributed by atoms with Gasteiger partial charge < -0.3 is 5.32 Å². The molecule has 0 atom stereocenters. The Balaban J connectivity index is 2.04. The van der Waals surface area contributed by atoms with Crippen LogP contribution >= 0.6 is 15.9 Å². The third kappa shape index (κ3) is 3.09. The molecule has 1 aliphatic rings. The molecular formula is C13H10BrN3O4S2. The van der Waals surface area contributed by atoms with Crippen LogP contribution in [0, 0.1) is 0 Å². The highest BCUT2D eigenvalue weighted by atomic mass is 79.9. The Kier molecular flexibility index (Phi) is 3.90. The van der Waals surface area contributed by atoms with Gasteiger partial charge in [-0.1, -0.05) is 12.1 Å². The molecule has 2 aromatic rings. The van der Waals surface area contributed by atoms with E-state index >= 15 is 0 Å². The molecule has 0 saturated heterocycles. The fourth-order valence-corrected chi connectivity index (χ4v) is 4.65. The molecule has 0 aromatic heterocycles. The van der Waals surface area contributed by atoms with Gasteiger partial charge in [0.1, 0.15) is 11.2 Å². The van der Waals surface area contributed by atoms with E-state index in [2.05, 4.69) is 30.4 Å². The van der Waals surface area contributed by atoms with Crippen LogP contribution in [0.25, 0.3) is 0 Å². The van der Waals surface area contributed by atoms with Crippen molar-refractivity contribution >= 4 is 53.7 Å². The van der Waals surface area contributed by atoms with E-state index in [1.807, 2.05) is 0 Å². The third-order valence-electron chi connectivity index (χ3n) is 3.07. The van der Waals surface area contributed by atoms with Gasteiger partial charge in [-0.25, -0.2) is 8.42 Å². The number of hydrogen-bond acceptors (Lipinski definition) is 5. The number of para-hydroxylation sites is 1. The molecule has 0 aliphatic carbocycles. The lowest BCUT2D eigenvalue weighted by Gasteiger charge is -2.14. The second-order valence-electron chi connectivity index (χ2n) is 4.60. The molecule has 1 aliphatic heterocycles. The number of hydrogen-bond donors (Lipinski definition) is 2. The third-order valence-corrected chi connectivity index (χ3v) is 6.40. The van der Waals surface area contributed by atoms with Gasteiger partial charge in [0.25, 0.3) is 20.0 Å². The van der Waals surface area contributed by atoms with E-state index in [9.17, 15) is 16.8 Å². The lowest BCUT2D eigenvalue weighted by Crippen LogP contribution is -2.16. The number of halogens is 1. The molecule has 0 saturated carbocycles. The summed E-state index contributed by atoms with van der Waals surface area (Å²) in [5.74, 6) is 0. The topological polar surface area (TPSA) is 105 Å². The quantitative estimate of drug-likeness (QED) is 0.800. The van der Waals surface area contributed by atoms with Crippen LogP contribution in [0.1, 0.15) is 0 Å². The van der Waals surface area contributed by atoms with E-state index in [-0.39, 0.29) is 15.5 Å². The maximum Gasteiger partial charge on any atom is 0.285 e. The van der Waals surface area contributed by atoms with Crippen LogP contribution in [0.4, 0.5) is 11.4 Å². The average molecular weight is 416 g/mol. The number of rotatable bonds is 3. The highest BCUT2D eigenvalue weighted by Gasteiger charge is 2.24. The summed E-state index contributed by atoms with van der Waals surface area (Å²) in [6, 6.07) is 10.5. The molecule has 0 amide bonds. The Morgan fingerprint density at radius 1 is 1.13 bits per heavy atom. The van der Waals surface area contributed by atoms with Crippen molar-refractivity contribution in [2.45, 2.75) is 9.79 Å². The molecule has 7 nitrogen and oxygen atoms in total. The summed E-state index contributed by atoms with van der Waals surface area (Å²) < 4.78 is 55.1. The minimum atomic E-state index is -3.94. The minimum absolute atomic E-state index is 0.172. The van der Waals surface area contributed by atoms with Crippen molar-refractivity contribution in [2.75, 3.05) is 10.0 Å². The van der Waals surface area contributed by atoms with Crippen molar-refractivity contribution < 1.29 is 16.8 Å². The van der Waals surface area contributed by atoms with Gasteiger partial charge in [0, 0.05) is 4.47 Å². The van der Waals surface area contributed by atoms with E-state index in [0.29, 0.717) is 10.2 Å². The van der Waals surface area contributed by atoms with E-state index in [1.165, 1.54) is 12.1 Å². The predicted molar refractivity (Wildman–Crippen MR) is 90.7 cm³/mol. The van der Waals surface area contributed by atoms with Crippen LogP contribution in [0.2, 0.25) is 0 Å². The van der Waals surface area contributed by atoms with Gasteiger partial charge in [-0.05, 0) is 46.3 Å². The summed E-state index contributed by atoms with van der Waals surface area (Å²) in [6.45, 7) is 0. The van der Waals surface area contributed by atoms with Crippen molar-refractivity contribution in [1.82, 2.24) is 0 Å². The Labute approximate surface area is 141 Å². The number of fused-ring (bicyclic) bond motifs is 1. The van der Waals surface area contributed by atoms with E-state index in [4.69, 9.17) is 0 Å². The molecule has 2 aromatic carbocycles. The summed E-state index contributed by atoms with van der Waals surface area (Å²) in [4.78, 5) is -0.357. The van der Waals surface area contributed by atoms with Gasteiger partial charge in [0.05, 0.1) is 16.3 Å². The Morgan fingerprint density at radius 3 is 2.61 bits per heavy atom. The van der Waals surface area contributed by atoms with Crippen LogP contribution < -0.4 is 10.0 Å². The molecule has 2 N–H and O–H groups in total. The number of nitrogens with one attached hydrogen (secondary N) is 2. The first-order valence-corrected chi connectivity index (χ1v) is 9.98. The molecule has 0 unspecified atom stereocenters.